The van der Waals surface area contributed by atoms with Gasteiger partial charge >= 0.3 is 5.97 Å². The van der Waals surface area contributed by atoms with Crippen LogP contribution in [0.1, 0.15) is 32.3 Å². The molecule has 7 heteroatoms. The molecule has 1 saturated heterocycles. The van der Waals surface area contributed by atoms with E-state index in [2.05, 4.69) is 22.1 Å². The van der Waals surface area contributed by atoms with Crippen LogP contribution in [0.5, 0.6) is 5.88 Å². The van der Waals surface area contributed by atoms with Crippen molar-refractivity contribution in [2.24, 2.45) is 22.7 Å². The van der Waals surface area contributed by atoms with E-state index in [1.54, 1.807) is 0 Å². The average molecular weight is 374 g/mol. The van der Waals surface area contributed by atoms with Crippen LogP contribution in [-0.2, 0) is 16.1 Å². The lowest BCUT2D eigenvalue weighted by molar-refractivity contribution is -0.145. The fourth-order valence-electron chi connectivity index (χ4n) is 3.27. The molecule has 0 bridgehead atoms. The van der Waals surface area contributed by atoms with Crippen molar-refractivity contribution >= 4 is 11.9 Å². The minimum Gasteiger partial charge on any atom is -0.477 e. The first-order chi connectivity index (χ1) is 13.1. The maximum atomic E-state index is 11.9. The molecule has 1 aromatic rings. The van der Waals surface area contributed by atoms with Gasteiger partial charge in [-0.15, -0.1) is 0 Å². The van der Waals surface area contributed by atoms with Gasteiger partial charge in [0, 0.05) is 31.9 Å². The van der Waals surface area contributed by atoms with Gasteiger partial charge in [-0.05, 0) is 37.2 Å². The van der Waals surface area contributed by atoms with Gasteiger partial charge in [-0.1, -0.05) is 13.0 Å². The largest absolute Gasteiger partial charge is 0.477 e. The highest BCUT2D eigenvalue weighted by molar-refractivity contribution is 5.82. The Morgan fingerprint density at radius 1 is 1.37 bits per heavy atom. The molecule has 7 nitrogen and oxygen atoms in total. The number of aliphatic imine (C=N–C) groups is 1. The van der Waals surface area contributed by atoms with Crippen LogP contribution < -0.4 is 10.1 Å². The number of carbonyl (C=O) groups excluding carboxylic acids is 1. The molecule has 148 valence electrons. The number of nitrogens with zero attached hydrogens (tertiary/aromatic N) is 3. The summed E-state index contributed by atoms with van der Waals surface area (Å²) in [5.74, 6) is 2.21. The van der Waals surface area contributed by atoms with Gasteiger partial charge in [0.25, 0.3) is 0 Å². The Hall–Kier alpha value is -2.31. The third kappa shape index (κ3) is 5.34. The Morgan fingerprint density at radius 2 is 2.19 bits per heavy atom. The van der Waals surface area contributed by atoms with E-state index in [1.807, 2.05) is 25.3 Å². The number of pyridine rings is 1. The first-order valence-electron chi connectivity index (χ1n) is 9.79. The van der Waals surface area contributed by atoms with Crippen LogP contribution >= 0.6 is 0 Å². The number of esters is 1. The SMILES string of the molecule is CCNC(=NCc1ccc(OCC2CC2)nc1)N1CC(C)C(C(=O)OC)C1. The molecule has 1 aliphatic carbocycles. The monoisotopic (exact) mass is 374 g/mol. The minimum absolute atomic E-state index is 0.108. The first kappa shape index (κ1) is 19.5. The van der Waals surface area contributed by atoms with E-state index in [0.29, 0.717) is 19.0 Å². The zero-order chi connectivity index (χ0) is 19.2. The van der Waals surface area contributed by atoms with Gasteiger partial charge in [0.2, 0.25) is 5.88 Å². The van der Waals surface area contributed by atoms with E-state index in [1.165, 1.54) is 20.0 Å². The predicted octanol–water partition coefficient (Wildman–Crippen LogP) is 2.08. The smallest absolute Gasteiger partial charge is 0.310 e. The van der Waals surface area contributed by atoms with E-state index in [9.17, 15) is 4.79 Å². The summed E-state index contributed by atoms with van der Waals surface area (Å²) in [6.45, 7) is 7.62. The number of ether oxygens (including phenoxy) is 2. The van der Waals surface area contributed by atoms with Gasteiger partial charge in [0.1, 0.15) is 0 Å². The van der Waals surface area contributed by atoms with Crippen molar-refractivity contribution in [3.63, 3.8) is 0 Å². The van der Waals surface area contributed by atoms with Crippen molar-refractivity contribution < 1.29 is 14.3 Å². The fourth-order valence-corrected chi connectivity index (χ4v) is 3.27. The lowest BCUT2D eigenvalue weighted by Crippen LogP contribution is -2.40. The highest BCUT2D eigenvalue weighted by Gasteiger charge is 2.36. The maximum Gasteiger partial charge on any atom is 0.310 e. The number of nitrogens with one attached hydrogen (secondary N) is 1. The van der Waals surface area contributed by atoms with Crippen molar-refractivity contribution in [1.29, 1.82) is 0 Å². The van der Waals surface area contributed by atoms with Crippen LogP contribution in [0.15, 0.2) is 23.3 Å². The summed E-state index contributed by atoms with van der Waals surface area (Å²) in [6.07, 6.45) is 4.36. The Bertz CT molecular complexity index is 658. The molecule has 0 amide bonds. The lowest BCUT2D eigenvalue weighted by Gasteiger charge is -2.21. The summed E-state index contributed by atoms with van der Waals surface area (Å²) in [5, 5.41) is 3.32. The molecule has 1 aromatic heterocycles. The van der Waals surface area contributed by atoms with Gasteiger partial charge in [0.05, 0.1) is 26.2 Å². The molecule has 0 aromatic carbocycles. The highest BCUT2D eigenvalue weighted by atomic mass is 16.5. The van der Waals surface area contributed by atoms with Gasteiger partial charge in [-0.2, -0.15) is 0 Å². The Kier molecular flexibility index (Phi) is 6.53. The summed E-state index contributed by atoms with van der Waals surface area (Å²) in [5.41, 5.74) is 1.03. The Morgan fingerprint density at radius 3 is 2.81 bits per heavy atom. The Balaban J connectivity index is 1.59. The molecule has 0 spiro atoms. The molecule has 27 heavy (non-hydrogen) atoms. The van der Waals surface area contributed by atoms with Gasteiger partial charge in [-0.25, -0.2) is 9.98 Å². The predicted molar refractivity (Wildman–Crippen MR) is 104 cm³/mol. The molecular formula is C20H30N4O3. The zero-order valence-corrected chi connectivity index (χ0v) is 16.5. The highest BCUT2D eigenvalue weighted by Crippen LogP contribution is 2.29. The van der Waals surface area contributed by atoms with Gasteiger partial charge < -0.3 is 19.7 Å². The summed E-state index contributed by atoms with van der Waals surface area (Å²) >= 11 is 0. The molecule has 2 fully saturated rings. The lowest BCUT2D eigenvalue weighted by atomic mass is 9.99. The quantitative estimate of drug-likeness (QED) is 0.447. The normalized spacial score (nSPS) is 22.6. The van der Waals surface area contributed by atoms with E-state index >= 15 is 0 Å². The van der Waals surface area contributed by atoms with Crippen LogP contribution in [0, 0.1) is 17.8 Å². The topological polar surface area (TPSA) is 76.1 Å². The van der Waals surface area contributed by atoms with Crippen LogP contribution in [-0.4, -0.2) is 55.2 Å². The average Bonchev–Trinajstić information content (AvgIpc) is 3.44. The number of methoxy groups -OCH3 is 1. The maximum absolute atomic E-state index is 11.9. The molecule has 2 aliphatic rings. The summed E-state index contributed by atoms with van der Waals surface area (Å²) < 4.78 is 10.6. The van der Waals surface area contributed by atoms with Gasteiger partial charge in [-0.3, -0.25) is 4.79 Å². The fraction of sp³-hybridized carbons (Fsp3) is 0.650. The van der Waals surface area contributed by atoms with E-state index in [-0.39, 0.29) is 17.8 Å². The summed E-state index contributed by atoms with van der Waals surface area (Å²) in [7, 11) is 1.45. The number of hydrogen-bond acceptors (Lipinski definition) is 5. The summed E-state index contributed by atoms with van der Waals surface area (Å²) in [4.78, 5) is 23.2. The standard InChI is InChI=1S/C20H30N4O3/c1-4-21-20(24-11-14(2)17(12-24)19(25)26-3)23-10-16-7-8-18(22-9-16)27-13-15-5-6-15/h7-9,14-15,17H,4-6,10-13H2,1-3H3,(H,21,23). The van der Waals surface area contributed by atoms with E-state index < -0.39 is 0 Å². The minimum atomic E-state index is -0.146. The summed E-state index contributed by atoms with van der Waals surface area (Å²) in [6, 6.07) is 3.91. The molecular weight excluding hydrogens is 344 g/mol. The number of rotatable bonds is 7. The van der Waals surface area contributed by atoms with E-state index in [4.69, 9.17) is 14.5 Å². The molecule has 2 heterocycles. The molecule has 1 saturated carbocycles. The zero-order valence-electron chi connectivity index (χ0n) is 16.5. The number of carbonyl (C=O) groups is 1. The van der Waals surface area contributed by atoms with Crippen molar-refractivity contribution in [1.82, 2.24) is 15.2 Å². The number of aromatic nitrogens is 1. The molecule has 0 radical (unpaired) electrons. The van der Waals surface area contributed by atoms with Gasteiger partial charge in [0.15, 0.2) is 5.96 Å². The Labute approximate surface area is 161 Å². The first-order valence-corrected chi connectivity index (χ1v) is 9.79. The number of likely N-dealkylation sites (tertiary alicyclic amines) is 1. The van der Waals surface area contributed by atoms with Crippen molar-refractivity contribution in [3.8, 4) is 5.88 Å². The molecule has 1 N–H and O–H groups in total. The van der Waals surface area contributed by atoms with E-state index in [0.717, 1.165) is 37.1 Å². The molecule has 3 rings (SSSR count). The van der Waals surface area contributed by atoms with Crippen molar-refractivity contribution in [2.45, 2.75) is 33.2 Å². The second kappa shape index (κ2) is 9.06. The van der Waals surface area contributed by atoms with Crippen LogP contribution in [0.2, 0.25) is 0 Å². The number of guanidine groups is 1. The van der Waals surface area contributed by atoms with Crippen molar-refractivity contribution in [3.05, 3.63) is 23.9 Å². The number of hydrogen-bond donors (Lipinski definition) is 1. The molecule has 2 unspecified atom stereocenters. The third-order valence-electron chi connectivity index (χ3n) is 5.12. The second-order valence-corrected chi connectivity index (χ2v) is 7.44. The van der Waals surface area contributed by atoms with Crippen LogP contribution in [0.3, 0.4) is 0 Å². The third-order valence-corrected chi connectivity index (χ3v) is 5.12. The molecule has 2 atom stereocenters. The van der Waals surface area contributed by atoms with Crippen LogP contribution in [0.4, 0.5) is 0 Å². The second-order valence-electron chi connectivity index (χ2n) is 7.44. The molecule has 1 aliphatic heterocycles. The van der Waals surface area contributed by atoms with Crippen LogP contribution in [0.25, 0.3) is 0 Å². The van der Waals surface area contributed by atoms with Crippen molar-refractivity contribution in [2.75, 3.05) is 33.4 Å².